The zero-order chi connectivity index (χ0) is 13.1. The van der Waals surface area contributed by atoms with Crippen molar-refractivity contribution in [3.63, 3.8) is 0 Å². The van der Waals surface area contributed by atoms with Gasteiger partial charge in [-0.25, -0.2) is 0 Å². The zero-order valence-electron chi connectivity index (χ0n) is 10.4. The summed E-state index contributed by atoms with van der Waals surface area (Å²) in [5, 5.41) is 9.55. The second-order valence-corrected chi connectivity index (χ2v) is 4.29. The smallest absolute Gasteiger partial charge is 0.253 e. The quantitative estimate of drug-likeness (QED) is 0.716. The highest BCUT2D eigenvalue weighted by Gasteiger charge is 2.10. The maximum absolute atomic E-state index is 12.0. The van der Waals surface area contributed by atoms with Gasteiger partial charge in [0.15, 0.2) is 0 Å². The van der Waals surface area contributed by atoms with Crippen LogP contribution in [0.5, 0.6) is 0 Å². The lowest BCUT2D eigenvalue weighted by atomic mass is 10.1. The Kier molecular flexibility index (Phi) is 3.32. The molecule has 0 saturated heterocycles. The van der Waals surface area contributed by atoms with Crippen molar-refractivity contribution in [2.24, 2.45) is 0 Å². The summed E-state index contributed by atoms with van der Waals surface area (Å²) < 4.78 is 0. The molecule has 1 heterocycles. The number of aromatic nitrogens is 2. The van der Waals surface area contributed by atoms with Crippen LogP contribution in [0.1, 0.15) is 27.2 Å². The first kappa shape index (κ1) is 12.2. The number of nitrogens with one attached hydrogen (secondary N) is 2. The third kappa shape index (κ3) is 2.51. The van der Waals surface area contributed by atoms with E-state index in [1.807, 2.05) is 19.9 Å². The molecule has 2 aromatic rings. The van der Waals surface area contributed by atoms with Gasteiger partial charge >= 0.3 is 0 Å². The van der Waals surface area contributed by atoms with Crippen LogP contribution in [0.4, 0.5) is 5.69 Å². The first-order valence-corrected chi connectivity index (χ1v) is 5.71. The molecule has 18 heavy (non-hydrogen) atoms. The molecule has 0 spiro atoms. The molecule has 5 heteroatoms. The highest BCUT2D eigenvalue weighted by Crippen LogP contribution is 2.13. The van der Waals surface area contributed by atoms with E-state index >= 15 is 0 Å². The second-order valence-electron chi connectivity index (χ2n) is 4.29. The van der Waals surface area contributed by atoms with E-state index in [2.05, 4.69) is 15.5 Å². The number of hydrogen-bond acceptors (Lipinski definition) is 3. The predicted molar refractivity (Wildman–Crippen MR) is 70.1 cm³/mol. The van der Waals surface area contributed by atoms with Crippen molar-refractivity contribution < 1.29 is 4.79 Å². The molecule has 1 amide bonds. The summed E-state index contributed by atoms with van der Waals surface area (Å²) in [6.45, 7) is 4.29. The minimum Gasteiger partial charge on any atom is -0.398 e. The van der Waals surface area contributed by atoms with Gasteiger partial charge in [0.2, 0.25) is 0 Å². The minimum atomic E-state index is -0.173. The van der Waals surface area contributed by atoms with Gasteiger partial charge in [-0.3, -0.25) is 9.89 Å². The first-order chi connectivity index (χ1) is 8.58. The monoisotopic (exact) mass is 244 g/mol. The number of hydrogen-bond donors (Lipinski definition) is 3. The average Bonchev–Trinajstić information content (AvgIpc) is 2.72. The van der Waals surface area contributed by atoms with Crippen LogP contribution in [0.25, 0.3) is 0 Å². The van der Waals surface area contributed by atoms with E-state index in [0.29, 0.717) is 17.8 Å². The number of aryl methyl sites for hydroxylation is 2. The SMILES string of the molecule is Cc1ccc(C(=O)NCc2cn[nH]c2C)c(N)c1. The number of nitrogens with two attached hydrogens (primary N) is 1. The third-order valence-electron chi connectivity index (χ3n) is 2.83. The molecule has 2 rings (SSSR count). The topological polar surface area (TPSA) is 83.8 Å². The number of anilines is 1. The van der Waals surface area contributed by atoms with Crippen molar-refractivity contribution in [3.05, 3.63) is 46.8 Å². The molecule has 0 fully saturated rings. The Bertz CT molecular complexity index is 574. The highest BCUT2D eigenvalue weighted by molar-refractivity contribution is 5.99. The Morgan fingerprint density at radius 3 is 2.83 bits per heavy atom. The predicted octanol–water partition coefficient (Wildman–Crippen LogP) is 1.54. The fraction of sp³-hybridized carbons (Fsp3) is 0.231. The number of carbonyl (C=O) groups excluding carboxylic acids is 1. The maximum Gasteiger partial charge on any atom is 0.253 e. The summed E-state index contributed by atoms with van der Waals surface area (Å²) in [4.78, 5) is 12.0. The number of nitrogens with zero attached hydrogens (tertiary/aromatic N) is 1. The molecule has 0 radical (unpaired) electrons. The Morgan fingerprint density at radius 2 is 2.22 bits per heavy atom. The molecule has 0 aliphatic heterocycles. The lowest BCUT2D eigenvalue weighted by Gasteiger charge is -2.07. The minimum absolute atomic E-state index is 0.173. The normalized spacial score (nSPS) is 10.3. The van der Waals surface area contributed by atoms with Gasteiger partial charge in [0.25, 0.3) is 5.91 Å². The van der Waals surface area contributed by atoms with Crippen LogP contribution in [0.3, 0.4) is 0 Å². The molecular formula is C13H16N4O. The number of aromatic amines is 1. The fourth-order valence-electron chi connectivity index (χ4n) is 1.71. The van der Waals surface area contributed by atoms with Gasteiger partial charge in [-0.1, -0.05) is 6.07 Å². The zero-order valence-corrected chi connectivity index (χ0v) is 10.4. The number of benzene rings is 1. The van der Waals surface area contributed by atoms with E-state index in [0.717, 1.165) is 16.8 Å². The number of H-pyrrole nitrogens is 1. The van der Waals surface area contributed by atoms with Gasteiger partial charge < -0.3 is 11.1 Å². The third-order valence-corrected chi connectivity index (χ3v) is 2.83. The van der Waals surface area contributed by atoms with Crippen molar-refractivity contribution in [2.45, 2.75) is 20.4 Å². The molecule has 0 atom stereocenters. The van der Waals surface area contributed by atoms with Gasteiger partial charge in [0, 0.05) is 23.5 Å². The molecule has 1 aromatic carbocycles. The summed E-state index contributed by atoms with van der Waals surface area (Å²) >= 11 is 0. The molecule has 0 saturated carbocycles. The van der Waals surface area contributed by atoms with Crippen LogP contribution in [0.15, 0.2) is 24.4 Å². The second kappa shape index (κ2) is 4.91. The van der Waals surface area contributed by atoms with Crippen molar-refractivity contribution >= 4 is 11.6 Å². The lowest BCUT2D eigenvalue weighted by molar-refractivity contribution is 0.0952. The van der Waals surface area contributed by atoms with Crippen molar-refractivity contribution in [1.82, 2.24) is 15.5 Å². The van der Waals surface area contributed by atoms with Gasteiger partial charge in [0.05, 0.1) is 11.8 Å². The van der Waals surface area contributed by atoms with Crippen LogP contribution in [0, 0.1) is 13.8 Å². The lowest BCUT2D eigenvalue weighted by Crippen LogP contribution is -2.24. The fourth-order valence-corrected chi connectivity index (χ4v) is 1.71. The highest BCUT2D eigenvalue weighted by atomic mass is 16.1. The summed E-state index contributed by atoms with van der Waals surface area (Å²) in [5.41, 5.74) is 9.77. The average molecular weight is 244 g/mol. The molecule has 0 aliphatic rings. The van der Waals surface area contributed by atoms with Crippen molar-refractivity contribution in [1.29, 1.82) is 0 Å². The molecule has 94 valence electrons. The van der Waals surface area contributed by atoms with E-state index in [1.165, 1.54) is 0 Å². The van der Waals surface area contributed by atoms with Crippen LogP contribution in [-0.4, -0.2) is 16.1 Å². The number of nitrogen functional groups attached to an aromatic ring is 1. The number of rotatable bonds is 3. The standard InChI is InChI=1S/C13H16N4O/c1-8-3-4-11(12(14)5-8)13(18)15-6-10-7-16-17-9(10)2/h3-5,7H,6,14H2,1-2H3,(H,15,18)(H,16,17). The van der Waals surface area contributed by atoms with Crippen LogP contribution in [-0.2, 0) is 6.54 Å². The van der Waals surface area contributed by atoms with Gasteiger partial charge in [-0.2, -0.15) is 5.10 Å². The Morgan fingerprint density at radius 1 is 1.44 bits per heavy atom. The van der Waals surface area contributed by atoms with E-state index < -0.39 is 0 Å². The largest absolute Gasteiger partial charge is 0.398 e. The summed E-state index contributed by atoms with van der Waals surface area (Å²) in [6.07, 6.45) is 1.70. The molecule has 0 unspecified atom stereocenters. The van der Waals surface area contributed by atoms with Gasteiger partial charge in [-0.05, 0) is 31.5 Å². The summed E-state index contributed by atoms with van der Waals surface area (Å²) in [6, 6.07) is 5.40. The van der Waals surface area contributed by atoms with Crippen LogP contribution in [0.2, 0.25) is 0 Å². The number of amides is 1. The molecule has 5 nitrogen and oxygen atoms in total. The Labute approximate surface area is 105 Å². The molecule has 0 bridgehead atoms. The summed E-state index contributed by atoms with van der Waals surface area (Å²) in [7, 11) is 0. The van der Waals surface area contributed by atoms with Crippen molar-refractivity contribution in [3.8, 4) is 0 Å². The molecule has 4 N–H and O–H groups in total. The van der Waals surface area contributed by atoms with Crippen LogP contribution < -0.4 is 11.1 Å². The molecule has 1 aromatic heterocycles. The van der Waals surface area contributed by atoms with Gasteiger partial charge in [0.1, 0.15) is 0 Å². The number of carbonyl (C=O) groups is 1. The molecular weight excluding hydrogens is 228 g/mol. The molecule has 0 aliphatic carbocycles. The summed E-state index contributed by atoms with van der Waals surface area (Å²) in [5.74, 6) is -0.173. The van der Waals surface area contributed by atoms with E-state index in [9.17, 15) is 4.79 Å². The maximum atomic E-state index is 12.0. The van der Waals surface area contributed by atoms with Crippen LogP contribution >= 0.6 is 0 Å². The van der Waals surface area contributed by atoms with Crippen molar-refractivity contribution in [2.75, 3.05) is 5.73 Å². The Balaban J connectivity index is 2.06. The van der Waals surface area contributed by atoms with E-state index in [-0.39, 0.29) is 5.91 Å². The van der Waals surface area contributed by atoms with E-state index in [4.69, 9.17) is 5.73 Å². The van der Waals surface area contributed by atoms with Gasteiger partial charge in [-0.15, -0.1) is 0 Å². The first-order valence-electron chi connectivity index (χ1n) is 5.71. The van der Waals surface area contributed by atoms with E-state index in [1.54, 1.807) is 18.3 Å². The Hall–Kier alpha value is -2.30.